The van der Waals surface area contributed by atoms with Gasteiger partial charge in [0.15, 0.2) is 0 Å². The Morgan fingerprint density at radius 3 is 2.13 bits per heavy atom. The van der Waals surface area contributed by atoms with E-state index in [4.69, 9.17) is 0 Å². The predicted molar refractivity (Wildman–Crippen MR) is 172 cm³/mol. The molecule has 0 aromatic heterocycles. The van der Waals surface area contributed by atoms with E-state index in [0.717, 1.165) is 46.0 Å². The highest BCUT2D eigenvalue weighted by atomic mass is 16.1. The van der Waals surface area contributed by atoms with Crippen molar-refractivity contribution in [2.45, 2.75) is 87.5 Å². The van der Waals surface area contributed by atoms with E-state index in [1.807, 2.05) is 64.2 Å². The van der Waals surface area contributed by atoms with Crippen molar-refractivity contribution in [3.05, 3.63) is 77.0 Å². The van der Waals surface area contributed by atoms with Crippen LogP contribution in [0.15, 0.2) is 75.5 Å². The third-order valence-corrected chi connectivity index (χ3v) is 6.24. The number of nitrogens with one attached hydrogen (secondary N) is 1. The van der Waals surface area contributed by atoms with Crippen LogP contribution in [0.5, 0.6) is 0 Å². The summed E-state index contributed by atoms with van der Waals surface area (Å²) in [5.74, 6) is 0.888. The monoisotopic (exact) mass is 532 g/mol. The van der Waals surface area contributed by atoms with Gasteiger partial charge in [-0.25, -0.2) is 0 Å². The molecule has 0 aliphatic rings. The lowest BCUT2D eigenvalue weighted by atomic mass is 9.97. The number of benzene rings is 2. The number of nitrogens with zero attached hydrogens (tertiary/aromatic N) is 3. The molecular formula is C34H52N4O. The van der Waals surface area contributed by atoms with Gasteiger partial charge >= 0.3 is 0 Å². The van der Waals surface area contributed by atoms with Crippen molar-refractivity contribution in [2.24, 2.45) is 21.1 Å². The fourth-order valence-electron chi connectivity index (χ4n) is 3.96. The molecule has 0 saturated carbocycles. The lowest BCUT2D eigenvalue weighted by molar-refractivity contribution is 0.0963. The number of allylic oxidation sites excluding steroid dienone is 3. The fraction of sp³-hybridized carbons (Fsp3) is 0.471. The second-order valence-corrected chi connectivity index (χ2v) is 9.80. The minimum Gasteiger partial charge on any atom is -0.355 e. The molecule has 0 atom stereocenters. The number of hydrogen-bond donors (Lipinski definition) is 1. The van der Waals surface area contributed by atoms with Crippen LogP contribution in [-0.4, -0.2) is 26.2 Å². The number of carbonyl (C=O) groups excluding carboxylic acids is 1. The Hall–Kier alpha value is -3.34. The highest BCUT2D eigenvalue weighted by Crippen LogP contribution is 2.30. The van der Waals surface area contributed by atoms with Crippen LogP contribution >= 0.6 is 0 Å². The Labute approximate surface area is 238 Å². The fourth-order valence-corrected chi connectivity index (χ4v) is 3.96. The Bertz CT molecular complexity index is 1110. The first-order valence-corrected chi connectivity index (χ1v) is 14.2. The van der Waals surface area contributed by atoms with Gasteiger partial charge in [-0.15, -0.1) is 0 Å². The third kappa shape index (κ3) is 14.4. The van der Waals surface area contributed by atoms with Crippen LogP contribution < -0.4 is 5.32 Å². The van der Waals surface area contributed by atoms with Gasteiger partial charge in [-0.1, -0.05) is 84.2 Å². The molecule has 39 heavy (non-hydrogen) atoms. The summed E-state index contributed by atoms with van der Waals surface area (Å²) in [6.45, 7) is 20.6. The predicted octanol–water partition coefficient (Wildman–Crippen LogP) is 10.2. The number of hydrogen-bond acceptors (Lipinski definition) is 4. The number of carbonyl (C=O) groups is 1. The highest BCUT2D eigenvalue weighted by molar-refractivity contribution is 5.95. The Morgan fingerprint density at radius 1 is 1.03 bits per heavy atom. The van der Waals surface area contributed by atoms with Crippen LogP contribution in [-0.2, 0) is 0 Å². The summed E-state index contributed by atoms with van der Waals surface area (Å²) in [4.78, 5) is 15.7. The molecule has 0 radical (unpaired) electrons. The van der Waals surface area contributed by atoms with Crippen LogP contribution in [0.2, 0.25) is 0 Å². The molecule has 0 unspecified atom stereocenters. The molecule has 5 heteroatoms. The lowest BCUT2D eigenvalue weighted by Crippen LogP contribution is -2.17. The van der Waals surface area contributed by atoms with Crippen molar-refractivity contribution in [3.63, 3.8) is 0 Å². The SMILES string of the molecule is C=C(C)N=C/C(=C\C)CC.CCCC(C)CCC.CN=Nc1cc(-c2ccc(C(=O)NC)cc2C)ccc1C. The Balaban J connectivity index is 0.000000668. The molecule has 0 spiro atoms. The van der Waals surface area contributed by atoms with Crippen LogP contribution in [0.4, 0.5) is 5.69 Å². The molecule has 214 valence electrons. The van der Waals surface area contributed by atoms with Gasteiger partial charge in [0, 0.05) is 31.6 Å². The maximum Gasteiger partial charge on any atom is 0.251 e. The third-order valence-electron chi connectivity index (χ3n) is 6.24. The van der Waals surface area contributed by atoms with Gasteiger partial charge in [0.1, 0.15) is 0 Å². The van der Waals surface area contributed by atoms with Gasteiger partial charge in [0.2, 0.25) is 0 Å². The second kappa shape index (κ2) is 20.6. The smallest absolute Gasteiger partial charge is 0.251 e. The van der Waals surface area contributed by atoms with E-state index in [9.17, 15) is 4.79 Å². The molecular weight excluding hydrogens is 480 g/mol. The average Bonchev–Trinajstić information content (AvgIpc) is 2.91. The van der Waals surface area contributed by atoms with Gasteiger partial charge in [-0.05, 0) is 86.1 Å². The zero-order chi connectivity index (χ0) is 29.8. The summed E-state index contributed by atoms with van der Waals surface area (Å²) in [6.07, 6.45) is 10.5. The van der Waals surface area contributed by atoms with Gasteiger partial charge < -0.3 is 5.32 Å². The second-order valence-electron chi connectivity index (χ2n) is 9.80. The zero-order valence-corrected chi connectivity index (χ0v) is 26.2. The number of aryl methyl sites for hydroxylation is 2. The summed E-state index contributed by atoms with van der Waals surface area (Å²) < 4.78 is 0. The molecule has 1 amide bonds. The summed E-state index contributed by atoms with van der Waals surface area (Å²) >= 11 is 0. The summed E-state index contributed by atoms with van der Waals surface area (Å²) in [5.41, 5.74) is 7.95. The van der Waals surface area contributed by atoms with E-state index >= 15 is 0 Å². The minimum absolute atomic E-state index is 0.0750. The number of azo groups is 1. The van der Waals surface area contributed by atoms with E-state index < -0.39 is 0 Å². The Morgan fingerprint density at radius 2 is 1.67 bits per heavy atom. The zero-order valence-electron chi connectivity index (χ0n) is 26.2. The van der Waals surface area contributed by atoms with Crippen LogP contribution in [0.1, 0.15) is 95.1 Å². The maximum atomic E-state index is 11.7. The van der Waals surface area contributed by atoms with Crippen molar-refractivity contribution in [1.82, 2.24) is 5.32 Å². The van der Waals surface area contributed by atoms with Crippen molar-refractivity contribution in [3.8, 4) is 11.1 Å². The summed E-state index contributed by atoms with van der Waals surface area (Å²) in [6, 6.07) is 11.8. The van der Waals surface area contributed by atoms with Crippen LogP contribution in [0.3, 0.4) is 0 Å². The number of amides is 1. The van der Waals surface area contributed by atoms with Gasteiger partial charge in [-0.3, -0.25) is 9.79 Å². The minimum atomic E-state index is -0.0750. The van der Waals surface area contributed by atoms with E-state index in [0.29, 0.717) is 5.56 Å². The lowest BCUT2D eigenvalue weighted by Gasteiger charge is -2.10. The van der Waals surface area contributed by atoms with Gasteiger partial charge in [0.25, 0.3) is 5.91 Å². The van der Waals surface area contributed by atoms with Crippen LogP contribution in [0.25, 0.3) is 11.1 Å². The summed E-state index contributed by atoms with van der Waals surface area (Å²) in [7, 11) is 3.29. The highest BCUT2D eigenvalue weighted by Gasteiger charge is 2.09. The molecule has 1 N–H and O–H groups in total. The van der Waals surface area contributed by atoms with Crippen molar-refractivity contribution >= 4 is 17.8 Å². The van der Waals surface area contributed by atoms with Gasteiger partial charge in [-0.2, -0.15) is 10.2 Å². The molecule has 2 aromatic carbocycles. The molecule has 0 aliphatic heterocycles. The quantitative estimate of drug-likeness (QED) is 0.240. The molecule has 0 aliphatic carbocycles. The number of rotatable bonds is 10. The molecule has 0 heterocycles. The molecule has 0 bridgehead atoms. The number of aliphatic imine (C=N–C) groups is 1. The topological polar surface area (TPSA) is 66.2 Å². The molecule has 2 rings (SSSR count). The first-order valence-electron chi connectivity index (χ1n) is 14.2. The first kappa shape index (κ1) is 35.7. The van der Waals surface area contributed by atoms with E-state index in [-0.39, 0.29) is 5.91 Å². The van der Waals surface area contributed by atoms with Crippen molar-refractivity contribution in [2.75, 3.05) is 14.1 Å². The first-order chi connectivity index (χ1) is 18.6. The molecule has 0 saturated heterocycles. The maximum absolute atomic E-state index is 11.7. The largest absolute Gasteiger partial charge is 0.355 e. The molecule has 2 aromatic rings. The molecule has 5 nitrogen and oxygen atoms in total. The molecule has 0 fully saturated rings. The van der Waals surface area contributed by atoms with E-state index in [1.165, 1.54) is 31.3 Å². The average molecular weight is 533 g/mol. The van der Waals surface area contributed by atoms with Crippen molar-refractivity contribution in [1.29, 1.82) is 0 Å². The summed E-state index contributed by atoms with van der Waals surface area (Å²) in [5, 5.41) is 10.6. The van der Waals surface area contributed by atoms with E-state index in [2.05, 4.69) is 67.0 Å². The normalized spacial score (nSPS) is 11.2. The van der Waals surface area contributed by atoms with Crippen molar-refractivity contribution < 1.29 is 4.79 Å². The van der Waals surface area contributed by atoms with Crippen LogP contribution in [0, 0.1) is 19.8 Å². The standard InChI is InChI=1S/C17H19N3O.C9H15N.C8H18/c1-11-5-6-13(10-16(11)20-19-4)15-8-7-14(9-12(15)2)17(21)18-3;1-5-9(6-2)7-10-8(3)4;1-4-6-8(3)7-5-2/h5-10H,1-4H3,(H,18,21);5,7H,3,6H2,1-2,4H3;8H,4-7H2,1-3H3/b;9-5-,10-7?;. The van der Waals surface area contributed by atoms with E-state index in [1.54, 1.807) is 14.1 Å². The van der Waals surface area contributed by atoms with Gasteiger partial charge in [0.05, 0.1) is 5.69 Å². The Kier molecular flexibility index (Phi) is 18.8.